The molecule has 0 N–H and O–H groups in total. The number of ether oxygens (including phenoxy) is 1. The summed E-state index contributed by atoms with van der Waals surface area (Å²) in [5, 5.41) is 4.24. The van der Waals surface area contributed by atoms with Crippen molar-refractivity contribution in [2.45, 2.75) is 13.1 Å². The van der Waals surface area contributed by atoms with Gasteiger partial charge in [-0.3, -0.25) is 4.68 Å². The van der Waals surface area contributed by atoms with Crippen molar-refractivity contribution in [3.05, 3.63) is 42.0 Å². The summed E-state index contributed by atoms with van der Waals surface area (Å²) in [6, 6.07) is 5.33. The molecule has 5 heteroatoms. The van der Waals surface area contributed by atoms with Crippen LogP contribution in [-0.2, 0) is 17.8 Å². The molecule has 108 valence electrons. The van der Waals surface area contributed by atoms with E-state index in [4.69, 9.17) is 4.74 Å². The second-order valence-electron chi connectivity index (χ2n) is 5.03. The highest BCUT2D eigenvalue weighted by Gasteiger charge is 2.07. The quantitative estimate of drug-likeness (QED) is 0.812. The Balaban J connectivity index is 2.16. The van der Waals surface area contributed by atoms with E-state index >= 15 is 0 Å². The van der Waals surface area contributed by atoms with E-state index in [-0.39, 0.29) is 5.82 Å². The van der Waals surface area contributed by atoms with Crippen molar-refractivity contribution in [2.24, 2.45) is 0 Å². The fraction of sp³-hybridized carbons (Fsp3) is 0.400. The third kappa shape index (κ3) is 3.65. The molecule has 1 aromatic carbocycles. The van der Waals surface area contributed by atoms with Crippen molar-refractivity contribution in [2.75, 3.05) is 27.8 Å². The Labute approximate surface area is 118 Å². The Morgan fingerprint density at radius 3 is 2.75 bits per heavy atom. The first kappa shape index (κ1) is 14.7. The predicted octanol–water partition coefficient (Wildman–Crippen LogP) is 2.40. The number of rotatable bonds is 6. The van der Waals surface area contributed by atoms with Gasteiger partial charge in [-0.2, -0.15) is 5.10 Å². The number of hydrogen-bond acceptors (Lipinski definition) is 3. The molecule has 0 saturated heterocycles. The average molecular weight is 277 g/mol. The van der Waals surface area contributed by atoms with E-state index in [0.29, 0.717) is 25.3 Å². The largest absolute Gasteiger partial charge is 0.383 e. The molecule has 1 heterocycles. The van der Waals surface area contributed by atoms with Crippen LogP contribution in [0.4, 0.5) is 4.39 Å². The molecule has 0 amide bonds. The zero-order chi connectivity index (χ0) is 14.5. The molecule has 0 aliphatic heterocycles. The standard InChI is InChI=1S/C15H20FN3O/c1-18(2)10-13-5-4-12(8-15(13)16)14-9-17-19(11-14)6-7-20-3/h4-5,8-9,11H,6-7,10H2,1-3H3. The molecule has 1 aromatic heterocycles. The van der Waals surface area contributed by atoms with Gasteiger partial charge in [0.25, 0.3) is 0 Å². The first-order valence-corrected chi connectivity index (χ1v) is 6.55. The zero-order valence-electron chi connectivity index (χ0n) is 12.1. The molecule has 0 fully saturated rings. The summed E-state index contributed by atoms with van der Waals surface area (Å²) in [6.45, 7) is 1.90. The van der Waals surface area contributed by atoms with E-state index in [2.05, 4.69) is 5.10 Å². The molecule has 0 radical (unpaired) electrons. The van der Waals surface area contributed by atoms with E-state index in [9.17, 15) is 4.39 Å². The summed E-state index contributed by atoms with van der Waals surface area (Å²) in [6.07, 6.45) is 3.65. The van der Waals surface area contributed by atoms with Gasteiger partial charge in [-0.05, 0) is 25.7 Å². The van der Waals surface area contributed by atoms with E-state index in [1.165, 1.54) is 0 Å². The molecule has 2 rings (SSSR count). The highest BCUT2D eigenvalue weighted by molar-refractivity contribution is 5.62. The summed E-state index contributed by atoms with van der Waals surface area (Å²) < 4.78 is 20.8. The van der Waals surface area contributed by atoms with Crippen LogP contribution in [-0.4, -0.2) is 42.5 Å². The lowest BCUT2D eigenvalue weighted by molar-refractivity contribution is 0.183. The Kier molecular flexibility index (Phi) is 4.87. The summed E-state index contributed by atoms with van der Waals surface area (Å²) >= 11 is 0. The minimum absolute atomic E-state index is 0.180. The smallest absolute Gasteiger partial charge is 0.128 e. The Hall–Kier alpha value is -1.72. The lowest BCUT2D eigenvalue weighted by Gasteiger charge is -2.11. The number of halogens is 1. The molecule has 2 aromatic rings. The number of benzene rings is 1. The van der Waals surface area contributed by atoms with Crippen LogP contribution in [0.25, 0.3) is 11.1 Å². The Bertz CT molecular complexity index is 566. The van der Waals surface area contributed by atoms with Crippen LogP contribution >= 0.6 is 0 Å². The van der Waals surface area contributed by atoms with Gasteiger partial charge in [-0.1, -0.05) is 12.1 Å². The zero-order valence-corrected chi connectivity index (χ0v) is 12.1. The van der Waals surface area contributed by atoms with Crippen LogP contribution in [0.2, 0.25) is 0 Å². The topological polar surface area (TPSA) is 30.3 Å². The van der Waals surface area contributed by atoms with Gasteiger partial charge < -0.3 is 9.64 Å². The summed E-state index contributed by atoms with van der Waals surface area (Å²) in [4.78, 5) is 1.95. The second-order valence-corrected chi connectivity index (χ2v) is 5.03. The molecule has 0 bridgehead atoms. The maximum absolute atomic E-state index is 14.0. The molecular formula is C15H20FN3O. The van der Waals surface area contributed by atoms with Gasteiger partial charge in [0.1, 0.15) is 5.82 Å². The highest BCUT2D eigenvalue weighted by Crippen LogP contribution is 2.22. The fourth-order valence-corrected chi connectivity index (χ4v) is 2.02. The van der Waals surface area contributed by atoms with Crippen LogP contribution in [0.3, 0.4) is 0 Å². The van der Waals surface area contributed by atoms with Gasteiger partial charge in [-0.25, -0.2) is 4.39 Å². The predicted molar refractivity (Wildman–Crippen MR) is 76.9 cm³/mol. The van der Waals surface area contributed by atoms with E-state index < -0.39 is 0 Å². The van der Waals surface area contributed by atoms with Crippen LogP contribution in [0, 0.1) is 5.82 Å². The summed E-state index contributed by atoms with van der Waals surface area (Å²) in [5.74, 6) is -0.180. The molecule has 0 atom stereocenters. The number of hydrogen-bond donors (Lipinski definition) is 0. The lowest BCUT2D eigenvalue weighted by atomic mass is 10.1. The van der Waals surface area contributed by atoms with Gasteiger partial charge in [0.2, 0.25) is 0 Å². The normalized spacial score (nSPS) is 11.2. The summed E-state index contributed by atoms with van der Waals surface area (Å²) in [7, 11) is 5.50. The minimum atomic E-state index is -0.180. The maximum Gasteiger partial charge on any atom is 0.128 e. The van der Waals surface area contributed by atoms with Gasteiger partial charge in [-0.15, -0.1) is 0 Å². The van der Waals surface area contributed by atoms with Crippen LogP contribution < -0.4 is 0 Å². The molecule has 20 heavy (non-hydrogen) atoms. The number of methoxy groups -OCH3 is 1. The number of aromatic nitrogens is 2. The lowest BCUT2D eigenvalue weighted by Crippen LogP contribution is -2.11. The number of nitrogens with zero attached hydrogens (tertiary/aromatic N) is 3. The maximum atomic E-state index is 14.0. The van der Waals surface area contributed by atoms with Crippen molar-refractivity contribution in [3.63, 3.8) is 0 Å². The van der Waals surface area contributed by atoms with Crippen LogP contribution in [0.15, 0.2) is 30.6 Å². The summed E-state index contributed by atoms with van der Waals surface area (Å²) in [5.41, 5.74) is 2.45. The Morgan fingerprint density at radius 1 is 1.30 bits per heavy atom. The second kappa shape index (κ2) is 6.63. The van der Waals surface area contributed by atoms with E-state index in [1.807, 2.05) is 37.3 Å². The van der Waals surface area contributed by atoms with Crippen molar-refractivity contribution >= 4 is 0 Å². The Morgan fingerprint density at radius 2 is 2.10 bits per heavy atom. The first-order valence-electron chi connectivity index (χ1n) is 6.55. The fourth-order valence-electron chi connectivity index (χ4n) is 2.02. The van der Waals surface area contributed by atoms with Crippen molar-refractivity contribution < 1.29 is 9.13 Å². The van der Waals surface area contributed by atoms with Gasteiger partial charge in [0, 0.05) is 31.0 Å². The molecule has 0 unspecified atom stereocenters. The van der Waals surface area contributed by atoms with Crippen LogP contribution in [0.5, 0.6) is 0 Å². The van der Waals surface area contributed by atoms with Gasteiger partial charge >= 0.3 is 0 Å². The molecule has 0 aliphatic rings. The monoisotopic (exact) mass is 277 g/mol. The third-order valence-electron chi connectivity index (χ3n) is 3.03. The molecular weight excluding hydrogens is 257 g/mol. The molecule has 0 spiro atoms. The SMILES string of the molecule is COCCn1cc(-c2ccc(CN(C)C)c(F)c2)cn1. The average Bonchev–Trinajstić information content (AvgIpc) is 2.87. The van der Waals surface area contributed by atoms with Crippen molar-refractivity contribution in [3.8, 4) is 11.1 Å². The highest BCUT2D eigenvalue weighted by atomic mass is 19.1. The molecule has 0 saturated carbocycles. The third-order valence-corrected chi connectivity index (χ3v) is 3.03. The minimum Gasteiger partial charge on any atom is -0.383 e. The molecule has 0 aliphatic carbocycles. The van der Waals surface area contributed by atoms with Crippen molar-refractivity contribution in [1.29, 1.82) is 0 Å². The van der Waals surface area contributed by atoms with E-state index in [0.717, 1.165) is 11.1 Å². The van der Waals surface area contributed by atoms with E-state index in [1.54, 1.807) is 24.1 Å². The van der Waals surface area contributed by atoms with Gasteiger partial charge in [0.15, 0.2) is 0 Å². The van der Waals surface area contributed by atoms with Crippen molar-refractivity contribution in [1.82, 2.24) is 14.7 Å². The van der Waals surface area contributed by atoms with Gasteiger partial charge in [0.05, 0.1) is 19.3 Å². The van der Waals surface area contributed by atoms with Crippen LogP contribution in [0.1, 0.15) is 5.56 Å². The first-order chi connectivity index (χ1) is 9.60. The molecule has 4 nitrogen and oxygen atoms in total.